The summed E-state index contributed by atoms with van der Waals surface area (Å²) in [6.45, 7) is 3.86. The van der Waals surface area contributed by atoms with Gasteiger partial charge in [-0.25, -0.2) is 0 Å². The average molecular weight is 297 g/mol. The van der Waals surface area contributed by atoms with Crippen molar-refractivity contribution in [3.8, 4) is 5.75 Å². The van der Waals surface area contributed by atoms with Crippen molar-refractivity contribution in [1.29, 1.82) is 0 Å². The van der Waals surface area contributed by atoms with Gasteiger partial charge in [0, 0.05) is 24.1 Å². The van der Waals surface area contributed by atoms with Gasteiger partial charge < -0.3 is 15.0 Å². The number of methoxy groups -OCH3 is 1. The maximum Gasteiger partial charge on any atom is 0.249 e. The van der Waals surface area contributed by atoms with Gasteiger partial charge >= 0.3 is 0 Å². The van der Waals surface area contributed by atoms with Gasteiger partial charge in [0.25, 0.3) is 0 Å². The molecule has 108 valence electrons. The maximum absolute atomic E-state index is 12.4. The van der Waals surface area contributed by atoms with E-state index in [0.29, 0.717) is 23.0 Å². The van der Waals surface area contributed by atoms with Crippen LogP contribution in [0.4, 0.5) is 5.69 Å². The molecule has 1 heterocycles. The summed E-state index contributed by atoms with van der Waals surface area (Å²) in [6, 6.07) is 2.94. The zero-order valence-corrected chi connectivity index (χ0v) is 12.5. The molecule has 0 saturated carbocycles. The predicted octanol–water partition coefficient (Wildman–Crippen LogP) is 1.90. The second-order valence-electron chi connectivity index (χ2n) is 4.80. The van der Waals surface area contributed by atoms with Crippen LogP contribution >= 0.6 is 11.6 Å². The lowest BCUT2D eigenvalue weighted by atomic mass is 10.1. The van der Waals surface area contributed by atoms with Crippen LogP contribution in [0.2, 0.25) is 5.02 Å². The first-order chi connectivity index (χ1) is 9.43. The van der Waals surface area contributed by atoms with Crippen LogP contribution in [0.1, 0.15) is 18.9 Å². The fourth-order valence-corrected chi connectivity index (χ4v) is 2.35. The second-order valence-corrected chi connectivity index (χ2v) is 5.21. The third-order valence-corrected chi connectivity index (χ3v) is 3.73. The number of nitrogens with zero attached hydrogens (tertiary/aromatic N) is 1. The van der Waals surface area contributed by atoms with Crippen molar-refractivity contribution in [1.82, 2.24) is 5.32 Å². The van der Waals surface area contributed by atoms with E-state index in [1.807, 2.05) is 13.0 Å². The lowest BCUT2D eigenvalue weighted by Crippen LogP contribution is -2.42. The van der Waals surface area contributed by atoms with Crippen molar-refractivity contribution in [3.05, 3.63) is 22.7 Å². The van der Waals surface area contributed by atoms with Crippen LogP contribution in [0.15, 0.2) is 12.1 Å². The van der Waals surface area contributed by atoms with Crippen molar-refractivity contribution < 1.29 is 14.3 Å². The number of amides is 2. The van der Waals surface area contributed by atoms with E-state index in [-0.39, 0.29) is 18.2 Å². The molecule has 1 saturated heterocycles. The van der Waals surface area contributed by atoms with Crippen molar-refractivity contribution in [2.45, 2.75) is 26.3 Å². The van der Waals surface area contributed by atoms with Crippen LogP contribution in [0.5, 0.6) is 5.75 Å². The average Bonchev–Trinajstić information content (AvgIpc) is 2.53. The summed E-state index contributed by atoms with van der Waals surface area (Å²) >= 11 is 6.07. The van der Waals surface area contributed by atoms with Gasteiger partial charge in [-0.2, -0.15) is 0 Å². The minimum absolute atomic E-state index is 0.127. The number of carbonyl (C=O) groups excluding carboxylic acids is 2. The van der Waals surface area contributed by atoms with Crippen molar-refractivity contribution >= 4 is 29.1 Å². The fraction of sp³-hybridized carbons (Fsp3) is 0.429. The fourth-order valence-electron chi connectivity index (χ4n) is 2.19. The number of hydrogen-bond acceptors (Lipinski definition) is 3. The van der Waals surface area contributed by atoms with Gasteiger partial charge in [0.1, 0.15) is 11.8 Å². The highest BCUT2D eigenvalue weighted by atomic mass is 35.5. The van der Waals surface area contributed by atoms with E-state index in [9.17, 15) is 9.59 Å². The van der Waals surface area contributed by atoms with Crippen molar-refractivity contribution in [2.75, 3.05) is 18.6 Å². The Morgan fingerprint density at radius 3 is 2.75 bits per heavy atom. The second kappa shape index (κ2) is 5.71. The molecule has 2 amide bonds. The third-order valence-electron chi connectivity index (χ3n) is 3.33. The molecule has 5 nitrogen and oxygen atoms in total. The third kappa shape index (κ3) is 2.72. The zero-order chi connectivity index (χ0) is 14.9. The molecular weight excluding hydrogens is 280 g/mol. The van der Waals surface area contributed by atoms with E-state index < -0.39 is 6.04 Å². The molecule has 6 heteroatoms. The van der Waals surface area contributed by atoms with E-state index in [4.69, 9.17) is 16.3 Å². The summed E-state index contributed by atoms with van der Waals surface area (Å²) in [4.78, 5) is 25.5. The Hall–Kier alpha value is -1.75. The standard InChI is InChI=1S/C14H17ClN2O3/c1-8-6-11(12(20-3)7-10(8)15)17-5-4-13(18)16-9(2)14(17)19/h6-7,9H,4-5H2,1-3H3,(H,16,18). The highest BCUT2D eigenvalue weighted by molar-refractivity contribution is 6.31. The van der Waals surface area contributed by atoms with Crippen molar-refractivity contribution in [3.63, 3.8) is 0 Å². The summed E-state index contributed by atoms with van der Waals surface area (Å²) in [5.41, 5.74) is 1.49. The van der Waals surface area contributed by atoms with E-state index in [1.165, 1.54) is 7.11 Å². The van der Waals surface area contributed by atoms with Gasteiger partial charge in [-0.1, -0.05) is 11.6 Å². The molecule has 0 spiro atoms. The molecule has 0 radical (unpaired) electrons. The van der Waals surface area contributed by atoms with Gasteiger partial charge in [-0.3, -0.25) is 9.59 Å². The van der Waals surface area contributed by atoms with E-state index >= 15 is 0 Å². The lowest BCUT2D eigenvalue weighted by molar-refractivity contribution is -0.125. The molecule has 1 aliphatic heterocycles. The molecule has 1 N–H and O–H groups in total. The molecule has 2 rings (SSSR count). The molecule has 0 aliphatic carbocycles. The van der Waals surface area contributed by atoms with Crippen LogP contribution in [0.25, 0.3) is 0 Å². The summed E-state index contributed by atoms with van der Waals surface area (Å²) in [5.74, 6) is 0.240. The van der Waals surface area contributed by atoms with Crippen molar-refractivity contribution in [2.24, 2.45) is 0 Å². The van der Waals surface area contributed by atoms with E-state index in [1.54, 1.807) is 17.9 Å². The predicted molar refractivity (Wildman–Crippen MR) is 77.3 cm³/mol. The molecule has 0 bridgehead atoms. The minimum Gasteiger partial charge on any atom is -0.495 e. The molecule has 0 aromatic heterocycles. The molecule has 1 aliphatic rings. The Balaban J connectivity index is 2.46. The Kier molecular flexibility index (Phi) is 4.18. The Morgan fingerprint density at radius 2 is 2.10 bits per heavy atom. The molecule has 1 atom stereocenters. The SMILES string of the molecule is COc1cc(Cl)c(C)cc1N1CCC(=O)NC(C)C1=O. The smallest absolute Gasteiger partial charge is 0.249 e. The van der Waals surface area contributed by atoms with Gasteiger partial charge in [0.2, 0.25) is 11.8 Å². The van der Waals surface area contributed by atoms with Gasteiger partial charge in [0.15, 0.2) is 0 Å². The molecule has 1 unspecified atom stereocenters. The van der Waals surface area contributed by atoms with Crippen LogP contribution in [0.3, 0.4) is 0 Å². The largest absolute Gasteiger partial charge is 0.495 e. The summed E-state index contributed by atoms with van der Waals surface area (Å²) in [6.07, 6.45) is 0.265. The molecule has 20 heavy (non-hydrogen) atoms. The zero-order valence-electron chi connectivity index (χ0n) is 11.7. The van der Waals surface area contributed by atoms with Gasteiger partial charge in [-0.15, -0.1) is 0 Å². The molecule has 1 aromatic carbocycles. The monoisotopic (exact) mass is 296 g/mol. The minimum atomic E-state index is -0.550. The first-order valence-electron chi connectivity index (χ1n) is 6.39. The number of carbonyl (C=O) groups is 2. The Bertz CT molecular complexity index is 560. The van der Waals surface area contributed by atoms with Crippen LogP contribution < -0.4 is 15.0 Å². The first-order valence-corrected chi connectivity index (χ1v) is 6.76. The number of hydrogen-bond donors (Lipinski definition) is 1. The highest BCUT2D eigenvalue weighted by Crippen LogP contribution is 2.34. The lowest BCUT2D eigenvalue weighted by Gasteiger charge is -2.25. The highest BCUT2D eigenvalue weighted by Gasteiger charge is 2.29. The molecule has 1 fully saturated rings. The topological polar surface area (TPSA) is 58.6 Å². The van der Waals surface area contributed by atoms with Crippen LogP contribution in [0, 0.1) is 6.92 Å². The number of rotatable bonds is 2. The van der Waals surface area contributed by atoms with E-state index in [2.05, 4.69) is 5.32 Å². The molecule has 1 aromatic rings. The first kappa shape index (κ1) is 14.7. The summed E-state index contributed by atoms with van der Waals surface area (Å²) in [5, 5.41) is 3.24. The number of aryl methyl sites for hydroxylation is 1. The quantitative estimate of drug-likeness (QED) is 0.907. The Labute approximate surface area is 122 Å². The number of halogens is 1. The number of nitrogens with one attached hydrogen (secondary N) is 1. The normalized spacial score (nSPS) is 19.6. The summed E-state index contributed by atoms with van der Waals surface area (Å²) in [7, 11) is 1.53. The van der Waals surface area contributed by atoms with Crippen LogP contribution in [-0.4, -0.2) is 31.5 Å². The van der Waals surface area contributed by atoms with Gasteiger partial charge in [0.05, 0.1) is 12.8 Å². The maximum atomic E-state index is 12.4. The number of anilines is 1. The summed E-state index contributed by atoms with van der Waals surface area (Å²) < 4.78 is 5.30. The number of benzene rings is 1. The number of ether oxygens (including phenoxy) is 1. The van der Waals surface area contributed by atoms with Crippen LogP contribution in [-0.2, 0) is 9.59 Å². The van der Waals surface area contributed by atoms with Gasteiger partial charge in [-0.05, 0) is 25.5 Å². The molecular formula is C14H17ClN2O3. The van der Waals surface area contributed by atoms with E-state index in [0.717, 1.165) is 5.56 Å². The Morgan fingerprint density at radius 1 is 1.40 bits per heavy atom.